The maximum absolute atomic E-state index is 6.27. The largest absolute Gasteiger partial charge is 0.497 e. The summed E-state index contributed by atoms with van der Waals surface area (Å²) in [6, 6.07) is 12.1. The first-order valence-electron chi connectivity index (χ1n) is 6.98. The van der Waals surface area contributed by atoms with Crippen LogP contribution < -0.4 is 4.74 Å². The highest BCUT2D eigenvalue weighted by molar-refractivity contribution is 6.35. The summed E-state index contributed by atoms with van der Waals surface area (Å²) in [5.41, 5.74) is 3.77. The van der Waals surface area contributed by atoms with E-state index in [0.29, 0.717) is 5.02 Å². The minimum absolute atomic E-state index is 0.713. The van der Waals surface area contributed by atoms with Crippen molar-refractivity contribution in [1.82, 2.24) is 4.90 Å². The fraction of sp³-hybridized carbons (Fsp3) is 0.294. The fourth-order valence-corrected chi connectivity index (χ4v) is 3.42. The molecule has 2 aromatic rings. The van der Waals surface area contributed by atoms with E-state index in [2.05, 4.69) is 17.0 Å². The predicted molar refractivity (Wildman–Crippen MR) is 87.3 cm³/mol. The molecule has 0 saturated carbocycles. The summed E-state index contributed by atoms with van der Waals surface area (Å²) in [6.07, 6.45) is 0.974. The van der Waals surface area contributed by atoms with Gasteiger partial charge in [0.25, 0.3) is 0 Å². The van der Waals surface area contributed by atoms with Crippen LogP contribution in [0, 0.1) is 0 Å². The number of hydrogen-bond donors (Lipinski definition) is 0. The summed E-state index contributed by atoms with van der Waals surface area (Å²) >= 11 is 12.4. The Morgan fingerprint density at radius 1 is 1.14 bits per heavy atom. The van der Waals surface area contributed by atoms with Crippen molar-refractivity contribution in [2.45, 2.75) is 19.5 Å². The first kappa shape index (κ1) is 14.7. The smallest absolute Gasteiger partial charge is 0.118 e. The van der Waals surface area contributed by atoms with E-state index in [1.807, 2.05) is 24.3 Å². The van der Waals surface area contributed by atoms with Gasteiger partial charge in [-0.1, -0.05) is 35.3 Å². The molecule has 2 aromatic carbocycles. The maximum atomic E-state index is 6.27. The molecule has 4 heteroatoms. The highest BCUT2D eigenvalue weighted by Crippen LogP contribution is 2.30. The molecular weight excluding hydrogens is 305 g/mol. The summed E-state index contributed by atoms with van der Waals surface area (Å²) in [5.74, 6) is 0.890. The zero-order valence-corrected chi connectivity index (χ0v) is 13.4. The lowest BCUT2D eigenvalue weighted by atomic mass is 9.99. The van der Waals surface area contributed by atoms with Gasteiger partial charge in [-0.15, -0.1) is 0 Å². The van der Waals surface area contributed by atoms with Gasteiger partial charge >= 0.3 is 0 Å². The summed E-state index contributed by atoms with van der Waals surface area (Å²) < 4.78 is 5.19. The zero-order chi connectivity index (χ0) is 14.8. The normalized spacial score (nSPS) is 14.8. The summed E-state index contributed by atoms with van der Waals surface area (Å²) in [7, 11) is 1.68. The molecule has 1 heterocycles. The Bertz CT molecular complexity index is 640. The monoisotopic (exact) mass is 321 g/mol. The molecule has 0 unspecified atom stereocenters. The Balaban J connectivity index is 1.73. The van der Waals surface area contributed by atoms with E-state index in [-0.39, 0.29) is 0 Å². The van der Waals surface area contributed by atoms with Crippen LogP contribution in [0.3, 0.4) is 0 Å². The standard InChI is InChI=1S/C17H17Cl2NO/c1-21-15-4-2-12(3-5-15)10-20-7-6-16-13(11-20)8-14(18)9-17(16)19/h2-5,8-9H,6-7,10-11H2,1H3. The van der Waals surface area contributed by atoms with Crippen LogP contribution in [0.25, 0.3) is 0 Å². The van der Waals surface area contributed by atoms with Gasteiger partial charge in [0.1, 0.15) is 5.75 Å². The van der Waals surface area contributed by atoms with Crippen LogP contribution in [0.2, 0.25) is 10.0 Å². The molecule has 3 rings (SSSR count). The number of nitrogens with zero attached hydrogens (tertiary/aromatic N) is 1. The predicted octanol–water partition coefficient (Wildman–Crippen LogP) is 4.56. The van der Waals surface area contributed by atoms with Crippen molar-refractivity contribution in [3.63, 3.8) is 0 Å². The number of rotatable bonds is 3. The minimum Gasteiger partial charge on any atom is -0.497 e. The van der Waals surface area contributed by atoms with E-state index in [0.717, 1.165) is 36.8 Å². The highest BCUT2D eigenvalue weighted by atomic mass is 35.5. The second-order valence-corrected chi connectivity index (χ2v) is 6.18. The van der Waals surface area contributed by atoms with Crippen LogP contribution >= 0.6 is 23.2 Å². The lowest BCUT2D eigenvalue weighted by molar-refractivity contribution is 0.245. The van der Waals surface area contributed by atoms with Crippen LogP contribution in [-0.4, -0.2) is 18.6 Å². The van der Waals surface area contributed by atoms with Crippen LogP contribution in [0.1, 0.15) is 16.7 Å². The molecule has 0 atom stereocenters. The van der Waals surface area contributed by atoms with Crippen molar-refractivity contribution in [2.24, 2.45) is 0 Å². The van der Waals surface area contributed by atoms with E-state index < -0.39 is 0 Å². The quantitative estimate of drug-likeness (QED) is 0.821. The molecular formula is C17H17Cl2NO. The number of fused-ring (bicyclic) bond motifs is 1. The number of benzene rings is 2. The molecule has 0 N–H and O–H groups in total. The van der Waals surface area contributed by atoms with Crippen molar-refractivity contribution >= 4 is 23.2 Å². The molecule has 0 aliphatic carbocycles. The second-order valence-electron chi connectivity index (χ2n) is 5.33. The molecule has 110 valence electrons. The van der Waals surface area contributed by atoms with Crippen molar-refractivity contribution in [1.29, 1.82) is 0 Å². The fourth-order valence-electron chi connectivity index (χ4n) is 2.79. The Kier molecular flexibility index (Phi) is 4.39. The van der Waals surface area contributed by atoms with E-state index in [1.54, 1.807) is 7.11 Å². The molecule has 0 fully saturated rings. The van der Waals surface area contributed by atoms with Crippen LogP contribution in [0.5, 0.6) is 5.75 Å². The van der Waals surface area contributed by atoms with Crippen molar-refractivity contribution in [3.05, 3.63) is 63.1 Å². The zero-order valence-electron chi connectivity index (χ0n) is 11.9. The van der Waals surface area contributed by atoms with Crippen molar-refractivity contribution < 1.29 is 4.74 Å². The Hall–Kier alpha value is -1.22. The van der Waals surface area contributed by atoms with Crippen LogP contribution in [0.4, 0.5) is 0 Å². The third kappa shape index (κ3) is 3.34. The number of ether oxygens (including phenoxy) is 1. The Morgan fingerprint density at radius 2 is 1.90 bits per heavy atom. The van der Waals surface area contributed by atoms with Gasteiger partial charge in [-0.3, -0.25) is 4.90 Å². The second kappa shape index (κ2) is 6.27. The lowest BCUT2D eigenvalue weighted by Gasteiger charge is -2.29. The van der Waals surface area contributed by atoms with E-state index in [4.69, 9.17) is 27.9 Å². The molecule has 0 bridgehead atoms. The summed E-state index contributed by atoms with van der Waals surface area (Å²) in [5, 5.41) is 1.51. The van der Waals surface area contributed by atoms with E-state index in [1.165, 1.54) is 16.7 Å². The molecule has 0 aromatic heterocycles. The Morgan fingerprint density at radius 3 is 2.62 bits per heavy atom. The van der Waals surface area contributed by atoms with Crippen LogP contribution in [0.15, 0.2) is 36.4 Å². The number of methoxy groups -OCH3 is 1. The van der Waals surface area contributed by atoms with Gasteiger partial charge in [0.15, 0.2) is 0 Å². The van der Waals surface area contributed by atoms with Crippen LogP contribution in [-0.2, 0) is 19.5 Å². The minimum atomic E-state index is 0.713. The number of halogens is 2. The lowest BCUT2D eigenvalue weighted by Crippen LogP contribution is -2.30. The van der Waals surface area contributed by atoms with E-state index in [9.17, 15) is 0 Å². The third-order valence-electron chi connectivity index (χ3n) is 3.89. The molecule has 1 aliphatic rings. The topological polar surface area (TPSA) is 12.5 Å². The van der Waals surface area contributed by atoms with E-state index >= 15 is 0 Å². The molecule has 0 saturated heterocycles. The summed E-state index contributed by atoms with van der Waals surface area (Å²) in [6.45, 7) is 2.83. The average Bonchev–Trinajstić information content (AvgIpc) is 2.47. The first-order chi connectivity index (χ1) is 10.2. The average molecular weight is 322 g/mol. The van der Waals surface area contributed by atoms with Gasteiger partial charge < -0.3 is 4.74 Å². The summed E-state index contributed by atoms with van der Waals surface area (Å²) in [4.78, 5) is 2.41. The SMILES string of the molecule is COc1ccc(CN2CCc3c(Cl)cc(Cl)cc3C2)cc1. The van der Waals surface area contributed by atoms with Gasteiger partial charge in [0.05, 0.1) is 7.11 Å². The molecule has 2 nitrogen and oxygen atoms in total. The molecule has 1 aliphatic heterocycles. The Labute approximate surface area is 135 Å². The maximum Gasteiger partial charge on any atom is 0.118 e. The molecule has 0 spiro atoms. The van der Waals surface area contributed by atoms with Gasteiger partial charge in [0, 0.05) is 29.7 Å². The first-order valence-corrected chi connectivity index (χ1v) is 7.73. The van der Waals surface area contributed by atoms with Crippen molar-refractivity contribution in [2.75, 3.05) is 13.7 Å². The van der Waals surface area contributed by atoms with Gasteiger partial charge in [0.2, 0.25) is 0 Å². The molecule has 0 amide bonds. The highest BCUT2D eigenvalue weighted by Gasteiger charge is 2.19. The third-order valence-corrected chi connectivity index (χ3v) is 4.45. The number of hydrogen-bond acceptors (Lipinski definition) is 2. The van der Waals surface area contributed by atoms with Gasteiger partial charge in [-0.2, -0.15) is 0 Å². The molecule has 21 heavy (non-hydrogen) atoms. The van der Waals surface area contributed by atoms with Gasteiger partial charge in [-0.05, 0) is 47.4 Å². The molecule has 0 radical (unpaired) electrons. The van der Waals surface area contributed by atoms with Crippen molar-refractivity contribution in [3.8, 4) is 5.75 Å². The van der Waals surface area contributed by atoms with Gasteiger partial charge in [-0.25, -0.2) is 0 Å².